The number of fused-ring (bicyclic) bond motifs is 1. The molecule has 0 bridgehead atoms. The fourth-order valence-electron chi connectivity index (χ4n) is 3.99. The minimum atomic E-state index is -3.55. The molecule has 208 valence electrons. The minimum absolute atomic E-state index is 0.0220. The molecule has 0 aromatic heterocycles. The molecule has 1 heterocycles. The molecular formula is C28H23Cl2NO8S. The Morgan fingerprint density at radius 1 is 0.800 bits per heavy atom. The molecule has 1 aliphatic rings. The Kier molecular flexibility index (Phi) is 8.92. The first-order valence-corrected chi connectivity index (χ1v) is 14.8. The third kappa shape index (κ3) is 7.07. The number of nitrogens with zero attached hydrogens (tertiary/aromatic N) is 1. The van der Waals surface area contributed by atoms with E-state index in [1.54, 1.807) is 48.5 Å². The summed E-state index contributed by atoms with van der Waals surface area (Å²) in [5, 5.41) is 1.02. The Labute approximate surface area is 240 Å². The molecule has 0 saturated heterocycles. The minimum Gasteiger partial charge on any atom is -0.459 e. The lowest BCUT2D eigenvalue weighted by atomic mass is 10.1. The van der Waals surface area contributed by atoms with E-state index in [0.717, 1.165) is 6.26 Å². The van der Waals surface area contributed by atoms with Crippen molar-refractivity contribution in [3.8, 4) is 0 Å². The highest BCUT2D eigenvalue weighted by Gasteiger charge is 2.44. The van der Waals surface area contributed by atoms with Crippen molar-refractivity contribution in [1.29, 1.82) is 0 Å². The van der Waals surface area contributed by atoms with E-state index in [1.165, 1.54) is 18.2 Å². The van der Waals surface area contributed by atoms with Gasteiger partial charge in [0.2, 0.25) is 0 Å². The Morgan fingerprint density at radius 3 is 1.88 bits per heavy atom. The van der Waals surface area contributed by atoms with Gasteiger partial charge in [-0.05, 0) is 60.0 Å². The van der Waals surface area contributed by atoms with Crippen LogP contribution in [-0.4, -0.2) is 55.1 Å². The third-order valence-electron chi connectivity index (χ3n) is 6.08. The zero-order valence-corrected chi connectivity index (χ0v) is 23.5. The van der Waals surface area contributed by atoms with Crippen molar-refractivity contribution in [2.45, 2.75) is 25.7 Å². The van der Waals surface area contributed by atoms with Gasteiger partial charge in [-0.3, -0.25) is 14.5 Å². The molecule has 12 heteroatoms. The number of sulfone groups is 1. The summed E-state index contributed by atoms with van der Waals surface area (Å²) in [6.07, 6.45) is 0.618. The van der Waals surface area contributed by atoms with Gasteiger partial charge in [0.25, 0.3) is 11.8 Å². The zero-order valence-electron chi connectivity index (χ0n) is 21.1. The second-order valence-electron chi connectivity index (χ2n) is 9.11. The summed E-state index contributed by atoms with van der Waals surface area (Å²) in [4.78, 5) is 53.0. The lowest BCUT2D eigenvalue weighted by molar-refractivity contribution is -0.149. The quantitative estimate of drug-likeness (QED) is 0.245. The number of esters is 2. The van der Waals surface area contributed by atoms with Crippen LogP contribution in [0.5, 0.6) is 0 Å². The summed E-state index contributed by atoms with van der Waals surface area (Å²) in [6, 6.07) is 15.5. The van der Waals surface area contributed by atoms with Crippen molar-refractivity contribution >= 4 is 56.8 Å². The number of amides is 2. The van der Waals surface area contributed by atoms with E-state index in [-0.39, 0.29) is 36.3 Å². The first kappa shape index (κ1) is 29.3. The van der Waals surface area contributed by atoms with Crippen LogP contribution in [0.15, 0.2) is 66.7 Å². The second kappa shape index (κ2) is 12.2. The van der Waals surface area contributed by atoms with Crippen molar-refractivity contribution in [1.82, 2.24) is 4.90 Å². The zero-order chi connectivity index (χ0) is 29.0. The summed E-state index contributed by atoms with van der Waals surface area (Å²) >= 11 is 11.7. The largest absolute Gasteiger partial charge is 0.459 e. The number of hydrogen-bond donors (Lipinski definition) is 0. The van der Waals surface area contributed by atoms with Crippen LogP contribution in [0.4, 0.5) is 0 Å². The first-order valence-electron chi connectivity index (χ1n) is 12.0. The monoisotopic (exact) mass is 603 g/mol. The number of benzene rings is 3. The summed E-state index contributed by atoms with van der Waals surface area (Å²) in [5.74, 6) is -3.80. The van der Waals surface area contributed by atoms with Crippen LogP contribution >= 0.6 is 23.2 Å². The molecule has 0 unspecified atom stereocenters. The molecule has 2 amide bonds. The molecule has 0 fully saturated rings. The van der Waals surface area contributed by atoms with E-state index in [1.807, 2.05) is 0 Å². The molecule has 40 heavy (non-hydrogen) atoms. The predicted molar refractivity (Wildman–Crippen MR) is 147 cm³/mol. The van der Waals surface area contributed by atoms with Crippen molar-refractivity contribution < 1.29 is 37.1 Å². The number of carbonyl (C=O) groups is 4. The van der Waals surface area contributed by atoms with E-state index >= 15 is 0 Å². The topological polar surface area (TPSA) is 124 Å². The average Bonchev–Trinajstić information content (AvgIpc) is 3.16. The molecule has 1 aliphatic heterocycles. The Hall–Kier alpha value is -3.73. The SMILES string of the molecule is CS(=O)(=O)CC[C@H](C(=O)OCc1ccc(Cl)cc1)N1C(=O)c2ccc(C(=O)OCc3ccc(Cl)cc3)cc2C1=O. The van der Waals surface area contributed by atoms with Gasteiger partial charge in [0.15, 0.2) is 0 Å². The van der Waals surface area contributed by atoms with E-state index in [9.17, 15) is 27.6 Å². The lowest BCUT2D eigenvalue weighted by Crippen LogP contribution is -2.46. The fraction of sp³-hybridized carbons (Fsp3) is 0.214. The molecular weight excluding hydrogens is 581 g/mol. The molecule has 0 saturated carbocycles. The molecule has 0 radical (unpaired) electrons. The molecule has 0 aliphatic carbocycles. The number of ether oxygens (including phenoxy) is 2. The number of halogens is 2. The number of carbonyl (C=O) groups excluding carboxylic acids is 4. The average molecular weight is 604 g/mol. The highest BCUT2D eigenvalue weighted by atomic mass is 35.5. The molecule has 4 rings (SSSR count). The van der Waals surface area contributed by atoms with E-state index < -0.39 is 45.4 Å². The number of rotatable bonds is 10. The summed E-state index contributed by atoms with van der Waals surface area (Å²) < 4.78 is 34.4. The molecule has 0 N–H and O–H groups in total. The maximum absolute atomic E-state index is 13.3. The van der Waals surface area contributed by atoms with Crippen LogP contribution in [0.2, 0.25) is 10.0 Å². The van der Waals surface area contributed by atoms with Crippen molar-refractivity contribution in [3.63, 3.8) is 0 Å². The van der Waals surface area contributed by atoms with Crippen LogP contribution in [0.1, 0.15) is 48.6 Å². The van der Waals surface area contributed by atoms with E-state index in [0.29, 0.717) is 26.1 Å². The van der Waals surface area contributed by atoms with Crippen LogP contribution in [0, 0.1) is 0 Å². The maximum atomic E-state index is 13.3. The van der Waals surface area contributed by atoms with E-state index in [2.05, 4.69) is 0 Å². The maximum Gasteiger partial charge on any atom is 0.338 e. The van der Waals surface area contributed by atoms with Crippen LogP contribution in [0.3, 0.4) is 0 Å². The normalized spacial score (nSPS) is 13.6. The summed E-state index contributed by atoms with van der Waals surface area (Å²) in [6.45, 7) is -0.225. The van der Waals surface area contributed by atoms with Gasteiger partial charge in [-0.25, -0.2) is 18.0 Å². The smallest absolute Gasteiger partial charge is 0.338 e. The predicted octanol–water partition coefficient (Wildman–Crippen LogP) is 4.49. The van der Waals surface area contributed by atoms with Crippen molar-refractivity contribution in [3.05, 3.63) is 105 Å². The molecule has 0 spiro atoms. The van der Waals surface area contributed by atoms with Gasteiger partial charge in [0.05, 0.1) is 22.4 Å². The van der Waals surface area contributed by atoms with Gasteiger partial charge in [-0.1, -0.05) is 47.5 Å². The third-order valence-corrected chi connectivity index (χ3v) is 7.56. The highest BCUT2D eigenvalue weighted by molar-refractivity contribution is 7.90. The molecule has 3 aromatic carbocycles. The van der Waals surface area contributed by atoms with Gasteiger partial charge in [0.1, 0.15) is 29.1 Å². The second-order valence-corrected chi connectivity index (χ2v) is 12.2. The van der Waals surface area contributed by atoms with Crippen molar-refractivity contribution in [2.24, 2.45) is 0 Å². The fourth-order valence-corrected chi connectivity index (χ4v) is 4.90. The molecule has 9 nitrogen and oxygen atoms in total. The van der Waals surface area contributed by atoms with Crippen molar-refractivity contribution in [2.75, 3.05) is 12.0 Å². The van der Waals surface area contributed by atoms with Gasteiger partial charge in [0, 0.05) is 16.3 Å². The Balaban J connectivity index is 1.52. The lowest BCUT2D eigenvalue weighted by Gasteiger charge is -2.24. The summed E-state index contributed by atoms with van der Waals surface area (Å²) in [5.41, 5.74) is 1.18. The standard InChI is InChI=1S/C28H23Cl2NO8S/c1-40(36,37)13-12-24(28(35)39-16-18-4-9-21(30)10-5-18)31-25(32)22-11-6-19(14-23(22)26(31)33)27(34)38-15-17-2-7-20(29)8-3-17/h2-11,14,24H,12-13,15-16H2,1H3/t24-/m1/s1. The molecule has 1 atom stereocenters. The van der Waals surface area contributed by atoms with Crippen LogP contribution in [0.25, 0.3) is 0 Å². The first-order chi connectivity index (χ1) is 18.9. The van der Waals surface area contributed by atoms with Crippen LogP contribution < -0.4 is 0 Å². The highest BCUT2D eigenvalue weighted by Crippen LogP contribution is 2.28. The number of hydrogen-bond acceptors (Lipinski definition) is 8. The van der Waals surface area contributed by atoms with E-state index in [4.69, 9.17) is 32.7 Å². The number of imide groups is 1. The molecule has 3 aromatic rings. The summed E-state index contributed by atoms with van der Waals surface area (Å²) in [7, 11) is -3.55. The Morgan fingerprint density at radius 2 is 1.32 bits per heavy atom. The van der Waals surface area contributed by atoms with Gasteiger partial charge in [-0.2, -0.15) is 0 Å². The Bertz CT molecular complexity index is 1570. The van der Waals surface area contributed by atoms with Gasteiger partial charge >= 0.3 is 11.9 Å². The van der Waals surface area contributed by atoms with Gasteiger partial charge in [-0.15, -0.1) is 0 Å². The van der Waals surface area contributed by atoms with Crippen LogP contribution in [-0.2, 0) is 37.3 Å². The van der Waals surface area contributed by atoms with Gasteiger partial charge < -0.3 is 9.47 Å².